The molecule has 0 spiro atoms. The van der Waals surface area contributed by atoms with E-state index in [-0.39, 0.29) is 6.54 Å². The molecule has 122 valence electrons. The van der Waals surface area contributed by atoms with Crippen LogP contribution in [0.2, 0.25) is 0 Å². The second-order valence-electron chi connectivity index (χ2n) is 5.22. The molecule has 0 saturated carbocycles. The third-order valence-electron chi connectivity index (χ3n) is 3.43. The smallest absolute Gasteiger partial charge is 0.366 e. The van der Waals surface area contributed by atoms with Crippen molar-refractivity contribution in [3.63, 3.8) is 0 Å². The van der Waals surface area contributed by atoms with Crippen LogP contribution < -0.4 is 11.1 Å². The Kier molecular flexibility index (Phi) is 5.39. The van der Waals surface area contributed by atoms with Crippen LogP contribution in [0.1, 0.15) is 33.9 Å². The van der Waals surface area contributed by atoms with Gasteiger partial charge < -0.3 is 11.1 Å². The largest absolute Gasteiger partial charge is 0.390 e. The summed E-state index contributed by atoms with van der Waals surface area (Å²) in [7, 11) is 0. The Balaban J connectivity index is 2.07. The molecule has 2 aromatic carbocycles. The molecule has 0 aliphatic carbocycles. The highest BCUT2D eigenvalue weighted by Gasteiger charge is 2.32. The highest BCUT2D eigenvalue weighted by atomic mass is 19.4. The number of carbonyl (C=O) groups excluding carboxylic acids is 1. The molecule has 0 saturated heterocycles. The van der Waals surface area contributed by atoms with Gasteiger partial charge in [-0.2, -0.15) is 13.2 Å². The Morgan fingerprint density at radius 3 is 2.17 bits per heavy atom. The summed E-state index contributed by atoms with van der Waals surface area (Å²) in [6, 6.07) is 14.1. The van der Waals surface area contributed by atoms with Gasteiger partial charge in [-0.15, -0.1) is 0 Å². The number of amides is 1. The summed E-state index contributed by atoms with van der Waals surface area (Å²) in [4.78, 5) is 11.0. The normalized spacial score (nSPS) is 12.8. The first-order valence-corrected chi connectivity index (χ1v) is 7.09. The standard InChI is InChI=1S/C17H17F3N2O/c18-17(19,20)10-15(13-4-2-1-3-5-13)22-11-12-6-8-14(9-7-12)16(21)23/h1-9,15,22H,10-11H2,(H2,21,23)/t15-/m1/s1. The lowest BCUT2D eigenvalue weighted by molar-refractivity contribution is -0.140. The third-order valence-corrected chi connectivity index (χ3v) is 3.43. The fourth-order valence-electron chi connectivity index (χ4n) is 2.25. The molecule has 3 nitrogen and oxygen atoms in total. The van der Waals surface area contributed by atoms with Gasteiger partial charge in [-0.3, -0.25) is 4.79 Å². The molecule has 0 aliphatic rings. The fourth-order valence-corrected chi connectivity index (χ4v) is 2.25. The van der Waals surface area contributed by atoms with Crippen LogP contribution in [0.5, 0.6) is 0 Å². The maximum absolute atomic E-state index is 12.8. The summed E-state index contributed by atoms with van der Waals surface area (Å²) in [5, 5.41) is 2.92. The number of nitrogens with one attached hydrogen (secondary N) is 1. The van der Waals surface area contributed by atoms with E-state index in [4.69, 9.17) is 5.73 Å². The van der Waals surface area contributed by atoms with Crippen LogP contribution in [0.15, 0.2) is 54.6 Å². The lowest BCUT2D eigenvalue weighted by Gasteiger charge is -2.21. The summed E-state index contributed by atoms with van der Waals surface area (Å²) in [6.07, 6.45) is -5.21. The highest BCUT2D eigenvalue weighted by Crippen LogP contribution is 2.29. The minimum absolute atomic E-state index is 0.259. The first-order chi connectivity index (χ1) is 10.8. The van der Waals surface area contributed by atoms with Gasteiger partial charge in [0, 0.05) is 18.2 Å². The first kappa shape index (κ1) is 17.0. The number of nitrogens with two attached hydrogens (primary N) is 1. The molecular formula is C17H17F3N2O. The Morgan fingerprint density at radius 1 is 1.04 bits per heavy atom. The highest BCUT2D eigenvalue weighted by molar-refractivity contribution is 5.92. The predicted molar refractivity (Wildman–Crippen MR) is 81.7 cm³/mol. The van der Waals surface area contributed by atoms with Crippen LogP contribution in [-0.4, -0.2) is 12.1 Å². The molecule has 0 heterocycles. The van der Waals surface area contributed by atoms with E-state index < -0.39 is 24.5 Å². The third kappa shape index (κ3) is 5.41. The van der Waals surface area contributed by atoms with Gasteiger partial charge >= 0.3 is 6.18 Å². The number of halogens is 3. The minimum Gasteiger partial charge on any atom is -0.366 e. The molecule has 0 unspecified atom stereocenters. The van der Waals surface area contributed by atoms with Crippen LogP contribution in [0, 0.1) is 0 Å². The zero-order chi connectivity index (χ0) is 16.9. The summed E-state index contributed by atoms with van der Waals surface area (Å²) < 4.78 is 38.3. The SMILES string of the molecule is NC(=O)c1ccc(CN[C@H](CC(F)(F)F)c2ccccc2)cc1. The lowest BCUT2D eigenvalue weighted by atomic mass is 10.0. The van der Waals surface area contributed by atoms with Crippen LogP contribution >= 0.6 is 0 Å². The summed E-state index contributed by atoms with van der Waals surface area (Å²) in [5.41, 5.74) is 6.87. The van der Waals surface area contributed by atoms with Gasteiger partial charge in [0.05, 0.1) is 6.42 Å². The van der Waals surface area contributed by atoms with E-state index in [2.05, 4.69) is 5.32 Å². The van der Waals surface area contributed by atoms with Crippen LogP contribution in [0.4, 0.5) is 13.2 Å². The molecule has 0 aliphatic heterocycles. The molecule has 0 aromatic heterocycles. The molecule has 3 N–H and O–H groups in total. The second-order valence-corrected chi connectivity index (χ2v) is 5.22. The Morgan fingerprint density at radius 2 is 1.65 bits per heavy atom. The molecular weight excluding hydrogens is 305 g/mol. The number of hydrogen-bond donors (Lipinski definition) is 2. The number of benzene rings is 2. The number of alkyl halides is 3. The molecule has 6 heteroatoms. The van der Waals surface area contributed by atoms with Crippen LogP contribution in [0.25, 0.3) is 0 Å². The van der Waals surface area contributed by atoms with Gasteiger partial charge in [-0.1, -0.05) is 42.5 Å². The van der Waals surface area contributed by atoms with Crippen molar-refractivity contribution in [2.75, 3.05) is 0 Å². The molecule has 23 heavy (non-hydrogen) atoms. The fraction of sp³-hybridized carbons (Fsp3) is 0.235. The van der Waals surface area contributed by atoms with E-state index in [9.17, 15) is 18.0 Å². The van der Waals surface area contributed by atoms with E-state index in [1.54, 1.807) is 54.6 Å². The maximum Gasteiger partial charge on any atom is 0.390 e. The van der Waals surface area contributed by atoms with Gasteiger partial charge in [0.1, 0.15) is 0 Å². The number of rotatable bonds is 6. The van der Waals surface area contributed by atoms with Crippen molar-refractivity contribution in [1.29, 1.82) is 0 Å². The maximum atomic E-state index is 12.8. The number of carbonyl (C=O) groups is 1. The van der Waals surface area contributed by atoms with Crippen molar-refractivity contribution in [3.8, 4) is 0 Å². The molecule has 1 atom stereocenters. The van der Waals surface area contributed by atoms with Crippen molar-refractivity contribution in [3.05, 3.63) is 71.3 Å². The van der Waals surface area contributed by atoms with Gasteiger partial charge in [-0.05, 0) is 23.3 Å². The van der Waals surface area contributed by atoms with Gasteiger partial charge in [-0.25, -0.2) is 0 Å². The number of primary amides is 1. The van der Waals surface area contributed by atoms with E-state index >= 15 is 0 Å². The summed E-state index contributed by atoms with van der Waals surface area (Å²) >= 11 is 0. The Labute approximate surface area is 132 Å². The van der Waals surface area contributed by atoms with Crippen LogP contribution in [-0.2, 0) is 6.54 Å². The lowest BCUT2D eigenvalue weighted by Crippen LogP contribution is -2.26. The Bertz CT molecular complexity index is 639. The second kappa shape index (κ2) is 7.28. The topological polar surface area (TPSA) is 55.1 Å². The van der Waals surface area contributed by atoms with Crippen molar-refractivity contribution in [1.82, 2.24) is 5.32 Å². The first-order valence-electron chi connectivity index (χ1n) is 7.09. The zero-order valence-corrected chi connectivity index (χ0v) is 12.3. The molecule has 0 bridgehead atoms. The van der Waals surface area contributed by atoms with Crippen molar-refractivity contribution in [2.45, 2.75) is 25.2 Å². The molecule has 2 aromatic rings. The summed E-state index contributed by atoms with van der Waals surface area (Å²) in [6.45, 7) is 0.259. The van der Waals surface area contributed by atoms with E-state index in [1.165, 1.54) is 0 Å². The molecule has 1 amide bonds. The van der Waals surface area contributed by atoms with Gasteiger partial charge in [0.2, 0.25) is 5.91 Å². The molecule has 0 fully saturated rings. The molecule has 2 rings (SSSR count). The van der Waals surface area contributed by atoms with E-state index in [0.29, 0.717) is 11.1 Å². The average Bonchev–Trinajstić information content (AvgIpc) is 2.51. The average molecular weight is 322 g/mol. The van der Waals surface area contributed by atoms with Gasteiger partial charge in [0.25, 0.3) is 0 Å². The quantitative estimate of drug-likeness (QED) is 0.854. The molecule has 0 radical (unpaired) electrons. The predicted octanol–water partition coefficient (Wildman–Crippen LogP) is 3.57. The van der Waals surface area contributed by atoms with Gasteiger partial charge in [0.15, 0.2) is 0 Å². The van der Waals surface area contributed by atoms with E-state index in [1.807, 2.05) is 0 Å². The Hall–Kier alpha value is -2.34. The monoisotopic (exact) mass is 322 g/mol. The van der Waals surface area contributed by atoms with Crippen molar-refractivity contribution >= 4 is 5.91 Å². The summed E-state index contributed by atoms with van der Waals surface area (Å²) in [5.74, 6) is -0.538. The van der Waals surface area contributed by atoms with E-state index in [0.717, 1.165) is 5.56 Å². The van der Waals surface area contributed by atoms with Crippen molar-refractivity contribution in [2.24, 2.45) is 5.73 Å². The van der Waals surface area contributed by atoms with Crippen LogP contribution in [0.3, 0.4) is 0 Å². The van der Waals surface area contributed by atoms with Crippen molar-refractivity contribution < 1.29 is 18.0 Å². The zero-order valence-electron chi connectivity index (χ0n) is 12.3. The minimum atomic E-state index is -4.26. The number of hydrogen-bond acceptors (Lipinski definition) is 2.